The van der Waals surface area contributed by atoms with Crippen molar-refractivity contribution in [3.63, 3.8) is 0 Å². The maximum Gasteiger partial charge on any atom is 0.147 e. The van der Waals surface area contributed by atoms with E-state index < -0.39 is 0 Å². The Morgan fingerprint density at radius 2 is 2.53 bits per heavy atom. The van der Waals surface area contributed by atoms with E-state index in [0.29, 0.717) is 13.3 Å². The zero-order valence-corrected chi connectivity index (χ0v) is 8.73. The third-order valence-corrected chi connectivity index (χ3v) is 3.55. The molecule has 2 aliphatic heterocycles. The highest BCUT2D eigenvalue weighted by Gasteiger charge is 2.24. The molecule has 78 valence electrons. The van der Waals surface area contributed by atoms with Crippen LogP contribution in [-0.4, -0.2) is 12.5 Å². The maximum absolute atomic E-state index is 5.45. The number of hydrogen-bond acceptors (Lipinski definition) is 6. The number of anilines is 1. The lowest BCUT2D eigenvalue weighted by molar-refractivity contribution is 0.238. The largest absolute Gasteiger partial charge is 0.496 e. The predicted octanol–water partition coefficient (Wildman–Crippen LogP) is 0.842. The summed E-state index contributed by atoms with van der Waals surface area (Å²) in [6, 6.07) is 0. The number of aliphatic imine (C=N–C) groups is 1. The third kappa shape index (κ3) is 1.22. The normalized spacial score (nSPS) is 17.0. The Morgan fingerprint density at radius 1 is 1.60 bits per heavy atom. The first-order valence-corrected chi connectivity index (χ1v) is 5.41. The second-order valence-electron chi connectivity index (χ2n) is 3.24. The highest BCUT2D eigenvalue weighted by Crippen LogP contribution is 2.37. The number of ether oxygens (including phenoxy) is 1. The number of nitrogens with two attached hydrogens (primary N) is 1. The minimum absolute atomic E-state index is 0.566. The summed E-state index contributed by atoms with van der Waals surface area (Å²) in [5.74, 6) is 6.19. The van der Waals surface area contributed by atoms with E-state index in [1.807, 2.05) is 6.08 Å². The molecule has 4 N–H and O–H groups in total. The molecule has 0 atom stereocenters. The highest BCUT2D eigenvalue weighted by atomic mass is 32.1. The Balaban J connectivity index is 2.20. The van der Waals surface area contributed by atoms with Crippen molar-refractivity contribution in [2.45, 2.75) is 6.61 Å². The summed E-state index contributed by atoms with van der Waals surface area (Å²) in [7, 11) is 0. The van der Waals surface area contributed by atoms with E-state index in [2.05, 4.69) is 15.7 Å². The number of hydrogen-bond donors (Lipinski definition) is 3. The van der Waals surface area contributed by atoms with E-state index in [1.165, 1.54) is 4.88 Å². The second-order valence-corrected chi connectivity index (χ2v) is 4.35. The van der Waals surface area contributed by atoms with Crippen molar-refractivity contribution in [3.8, 4) is 0 Å². The number of fused-ring (bicyclic) bond motifs is 3. The Morgan fingerprint density at radius 3 is 3.40 bits per heavy atom. The first-order valence-electron chi connectivity index (χ1n) is 4.59. The third-order valence-electron chi connectivity index (χ3n) is 2.42. The number of thiophene rings is 1. The number of rotatable bonds is 0. The van der Waals surface area contributed by atoms with Crippen LogP contribution in [0.1, 0.15) is 16.0 Å². The van der Waals surface area contributed by atoms with Crippen molar-refractivity contribution in [2.24, 2.45) is 10.8 Å². The van der Waals surface area contributed by atoms with Crippen LogP contribution in [0, 0.1) is 0 Å². The zero-order chi connectivity index (χ0) is 10.3. The molecule has 15 heavy (non-hydrogen) atoms. The van der Waals surface area contributed by atoms with E-state index in [-0.39, 0.29) is 0 Å². The molecule has 5 nitrogen and oxygen atoms in total. The van der Waals surface area contributed by atoms with Crippen molar-refractivity contribution >= 4 is 28.2 Å². The van der Waals surface area contributed by atoms with Crippen LogP contribution in [0.4, 0.5) is 5.00 Å². The molecule has 0 saturated heterocycles. The fraction of sp³-hybridized carbons (Fsp3) is 0.222. The van der Waals surface area contributed by atoms with E-state index in [9.17, 15) is 0 Å². The van der Waals surface area contributed by atoms with Crippen LogP contribution in [0.3, 0.4) is 0 Å². The molecule has 0 unspecified atom stereocenters. The lowest BCUT2D eigenvalue weighted by Gasteiger charge is -2.15. The second kappa shape index (κ2) is 3.25. The van der Waals surface area contributed by atoms with E-state index in [4.69, 9.17) is 10.6 Å². The van der Waals surface area contributed by atoms with E-state index in [1.54, 1.807) is 17.6 Å². The van der Waals surface area contributed by atoms with Gasteiger partial charge in [-0.25, -0.2) is 10.8 Å². The monoisotopic (exact) mass is 222 g/mol. The lowest BCUT2D eigenvalue weighted by Crippen LogP contribution is -2.34. The van der Waals surface area contributed by atoms with Gasteiger partial charge >= 0.3 is 0 Å². The molecular weight excluding hydrogens is 212 g/mol. The van der Waals surface area contributed by atoms with Gasteiger partial charge in [-0.05, 0) is 6.08 Å². The Hall–Kier alpha value is -1.53. The van der Waals surface area contributed by atoms with Crippen LogP contribution < -0.4 is 16.6 Å². The molecule has 0 amide bonds. The molecule has 0 spiro atoms. The first-order chi connectivity index (χ1) is 7.40. The van der Waals surface area contributed by atoms with Gasteiger partial charge < -0.3 is 15.5 Å². The van der Waals surface area contributed by atoms with Crippen molar-refractivity contribution in [1.29, 1.82) is 0 Å². The molecule has 3 heterocycles. The van der Waals surface area contributed by atoms with Gasteiger partial charge in [0.25, 0.3) is 0 Å². The van der Waals surface area contributed by atoms with Crippen LogP contribution in [0.5, 0.6) is 0 Å². The number of hydrazine groups is 1. The Kier molecular flexibility index (Phi) is 1.90. The summed E-state index contributed by atoms with van der Waals surface area (Å²) in [5.41, 5.74) is 4.85. The first kappa shape index (κ1) is 8.75. The smallest absolute Gasteiger partial charge is 0.147 e. The number of amidine groups is 1. The van der Waals surface area contributed by atoms with Gasteiger partial charge in [0.15, 0.2) is 0 Å². The van der Waals surface area contributed by atoms with Crippen molar-refractivity contribution in [1.82, 2.24) is 5.43 Å². The highest BCUT2D eigenvalue weighted by molar-refractivity contribution is 7.16. The summed E-state index contributed by atoms with van der Waals surface area (Å²) in [5, 5.41) is 4.34. The van der Waals surface area contributed by atoms with Gasteiger partial charge in [0.2, 0.25) is 0 Å². The summed E-state index contributed by atoms with van der Waals surface area (Å²) in [6.45, 7) is 1.19. The molecule has 0 aliphatic carbocycles. The summed E-state index contributed by atoms with van der Waals surface area (Å²) in [4.78, 5) is 5.48. The van der Waals surface area contributed by atoms with Crippen LogP contribution in [0.25, 0.3) is 6.08 Å². The van der Waals surface area contributed by atoms with Gasteiger partial charge in [-0.1, -0.05) is 0 Å². The average molecular weight is 222 g/mol. The Labute approximate surface area is 90.6 Å². The van der Waals surface area contributed by atoms with E-state index in [0.717, 1.165) is 22.0 Å². The molecule has 0 bridgehead atoms. The molecule has 0 fully saturated rings. The predicted molar refractivity (Wildman–Crippen MR) is 60.5 cm³/mol. The van der Waals surface area contributed by atoms with Gasteiger partial charge in [-0.3, -0.25) is 0 Å². The minimum atomic E-state index is 0.566. The van der Waals surface area contributed by atoms with E-state index >= 15 is 0 Å². The molecule has 0 saturated carbocycles. The van der Waals surface area contributed by atoms with Crippen molar-refractivity contribution < 1.29 is 4.74 Å². The molecular formula is C9H10N4OS. The van der Waals surface area contributed by atoms with Crippen LogP contribution in [-0.2, 0) is 11.3 Å². The fourth-order valence-corrected chi connectivity index (χ4v) is 2.86. The standard InChI is InChI=1S/C9H10N4OS/c10-13-8-7-5-1-2-14-3-6(5)15-9(7)12-4-11-8/h1-2,12H,3-4,10H2,(H,11,13). The molecule has 0 radical (unpaired) electrons. The quantitative estimate of drug-likeness (QED) is 0.449. The summed E-state index contributed by atoms with van der Waals surface area (Å²) < 4.78 is 5.25. The van der Waals surface area contributed by atoms with Gasteiger partial charge in [0, 0.05) is 5.56 Å². The number of nitrogens with zero attached hydrogens (tertiary/aromatic N) is 1. The Bertz CT molecular complexity index is 463. The van der Waals surface area contributed by atoms with Gasteiger partial charge in [0.05, 0.1) is 16.7 Å². The minimum Gasteiger partial charge on any atom is -0.496 e. The molecule has 3 rings (SSSR count). The molecule has 0 aromatic carbocycles. The average Bonchev–Trinajstić information content (AvgIpc) is 2.67. The van der Waals surface area contributed by atoms with Crippen LogP contribution in [0.2, 0.25) is 0 Å². The maximum atomic E-state index is 5.45. The van der Waals surface area contributed by atoms with Crippen LogP contribution in [0.15, 0.2) is 11.3 Å². The zero-order valence-electron chi connectivity index (χ0n) is 7.91. The summed E-state index contributed by atoms with van der Waals surface area (Å²) in [6.07, 6.45) is 3.66. The number of nitrogens with one attached hydrogen (secondary N) is 2. The molecule has 1 aromatic heterocycles. The van der Waals surface area contributed by atoms with Gasteiger partial charge in [0.1, 0.15) is 24.1 Å². The molecule has 6 heteroatoms. The fourth-order valence-electron chi connectivity index (χ4n) is 1.76. The SMILES string of the molecule is NNC1=NCNc2sc3c(c21)C=COC3. The van der Waals surface area contributed by atoms with Crippen molar-refractivity contribution in [3.05, 3.63) is 22.3 Å². The molecule has 2 aliphatic rings. The topological polar surface area (TPSA) is 71.7 Å². The van der Waals surface area contributed by atoms with Crippen LogP contribution >= 0.6 is 11.3 Å². The van der Waals surface area contributed by atoms with Gasteiger partial charge in [-0.15, -0.1) is 11.3 Å². The summed E-state index contributed by atoms with van der Waals surface area (Å²) >= 11 is 1.69. The lowest BCUT2D eigenvalue weighted by atomic mass is 10.1. The molecule has 1 aromatic rings. The van der Waals surface area contributed by atoms with Crippen molar-refractivity contribution in [2.75, 3.05) is 12.0 Å². The van der Waals surface area contributed by atoms with Gasteiger partial charge in [-0.2, -0.15) is 0 Å².